The number of ketones is 1. The number of benzene rings is 1. The fourth-order valence-electron chi connectivity index (χ4n) is 1.88. The second-order valence-electron chi connectivity index (χ2n) is 4.30. The molecule has 2 rings (SSSR count). The Labute approximate surface area is 114 Å². The van der Waals surface area contributed by atoms with E-state index in [1.165, 1.54) is 19.3 Å². The van der Waals surface area contributed by atoms with E-state index in [2.05, 4.69) is 10.3 Å². The number of amides is 1. The highest BCUT2D eigenvalue weighted by atomic mass is 35.5. The first-order chi connectivity index (χ1) is 8.90. The van der Waals surface area contributed by atoms with E-state index in [0.717, 1.165) is 0 Å². The largest absolute Gasteiger partial charge is 0.623 e. The highest BCUT2D eigenvalue weighted by molar-refractivity contribution is 6.34. The number of hydrogen-bond donors (Lipinski definition) is 2. The molecule has 1 amide bonds. The number of carbonyl (C=O) groups is 2. The molecule has 0 aromatic heterocycles. The van der Waals surface area contributed by atoms with Crippen LogP contribution in [0.4, 0.5) is 17.1 Å². The van der Waals surface area contributed by atoms with Crippen LogP contribution in [-0.2, 0) is 9.59 Å². The molecule has 1 aromatic carbocycles. The summed E-state index contributed by atoms with van der Waals surface area (Å²) < 4.78 is 0. The maximum atomic E-state index is 11.6. The summed E-state index contributed by atoms with van der Waals surface area (Å²) in [6.07, 6.45) is 1.00. The monoisotopic (exact) mass is 281 g/mol. The number of Topliss-reactive ketones (excluding diaryl/α,β-unsaturated/α-hetero) is 1. The Bertz CT molecular complexity index is 598. The molecule has 19 heavy (non-hydrogen) atoms. The fourth-order valence-corrected chi connectivity index (χ4v) is 2.17. The van der Waals surface area contributed by atoms with Crippen molar-refractivity contribution in [3.8, 4) is 0 Å². The van der Waals surface area contributed by atoms with Crippen LogP contribution in [0.15, 0.2) is 11.1 Å². The molecule has 0 bridgehead atoms. The second-order valence-corrected chi connectivity index (χ2v) is 4.71. The second kappa shape index (κ2) is 5.08. The molecule has 1 unspecified atom stereocenters. The predicted octanol–water partition coefficient (Wildman–Crippen LogP) is 1.25. The lowest BCUT2D eigenvalue weighted by molar-refractivity contribution is -0.655. The van der Waals surface area contributed by atoms with E-state index < -0.39 is 5.91 Å². The first-order valence-corrected chi connectivity index (χ1v) is 5.98. The molecular weight excluding hydrogens is 270 g/mol. The molecule has 6 nitrogen and oxygen atoms in total. The number of nitrogens with one attached hydrogen (secondary N) is 2. The molecule has 1 heterocycles. The SMILES string of the molecule is CC(=O)CC(=O)Nc1c(Cl)cc2c(c1C)N=C[NH+]2[O-]. The molecule has 0 aliphatic carbocycles. The van der Waals surface area contributed by atoms with Crippen molar-refractivity contribution in [3.63, 3.8) is 0 Å². The summed E-state index contributed by atoms with van der Waals surface area (Å²) in [4.78, 5) is 26.5. The van der Waals surface area contributed by atoms with Crippen molar-refractivity contribution in [1.82, 2.24) is 0 Å². The number of carbonyl (C=O) groups excluding carboxylic acids is 2. The number of nitrogens with zero attached hydrogens (tertiary/aromatic N) is 1. The lowest BCUT2D eigenvalue weighted by atomic mass is 10.1. The van der Waals surface area contributed by atoms with Crippen LogP contribution in [0.5, 0.6) is 0 Å². The van der Waals surface area contributed by atoms with E-state index in [1.807, 2.05) is 0 Å². The Morgan fingerprint density at radius 1 is 1.53 bits per heavy atom. The maximum Gasteiger partial charge on any atom is 0.231 e. The molecule has 0 fully saturated rings. The molecule has 1 atom stereocenters. The smallest absolute Gasteiger partial charge is 0.231 e. The number of hydrogen-bond acceptors (Lipinski definition) is 4. The van der Waals surface area contributed by atoms with Gasteiger partial charge in [0.15, 0.2) is 12.0 Å². The van der Waals surface area contributed by atoms with Gasteiger partial charge in [-0.15, -0.1) is 0 Å². The fraction of sp³-hybridized carbons (Fsp3) is 0.250. The number of fused-ring (bicyclic) bond motifs is 1. The molecule has 0 saturated carbocycles. The molecule has 1 aliphatic heterocycles. The summed E-state index contributed by atoms with van der Waals surface area (Å²) in [7, 11) is 0. The van der Waals surface area contributed by atoms with E-state index in [4.69, 9.17) is 11.6 Å². The van der Waals surface area contributed by atoms with Gasteiger partial charge in [-0.1, -0.05) is 11.6 Å². The molecule has 1 aliphatic rings. The molecule has 0 spiro atoms. The van der Waals surface area contributed by atoms with Crippen molar-refractivity contribution in [2.45, 2.75) is 20.3 Å². The van der Waals surface area contributed by atoms with Crippen molar-refractivity contribution in [1.29, 1.82) is 0 Å². The summed E-state index contributed by atoms with van der Waals surface area (Å²) in [5.74, 6) is -0.675. The van der Waals surface area contributed by atoms with Gasteiger partial charge in [0, 0.05) is 11.6 Å². The third-order valence-electron chi connectivity index (χ3n) is 2.75. The van der Waals surface area contributed by atoms with Crippen LogP contribution in [0.3, 0.4) is 0 Å². The van der Waals surface area contributed by atoms with Crippen LogP contribution < -0.4 is 10.4 Å². The van der Waals surface area contributed by atoms with Crippen LogP contribution in [-0.4, -0.2) is 18.0 Å². The van der Waals surface area contributed by atoms with Gasteiger partial charge >= 0.3 is 0 Å². The molecule has 100 valence electrons. The number of hydroxylamine groups is 1. The van der Waals surface area contributed by atoms with Crippen molar-refractivity contribution < 1.29 is 14.7 Å². The third-order valence-corrected chi connectivity index (χ3v) is 3.04. The maximum absolute atomic E-state index is 11.6. The van der Waals surface area contributed by atoms with E-state index in [9.17, 15) is 14.8 Å². The summed E-state index contributed by atoms with van der Waals surface area (Å²) in [5, 5.41) is 14.1. The van der Waals surface area contributed by atoms with Gasteiger partial charge in [0.1, 0.15) is 11.5 Å². The van der Waals surface area contributed by atoms with Gasteiger partial charge in [-0.3, -0.25) is 14.7 Å². The Kier molecular flexibility index (Phi) is 3.66. The van der Waals surface area contributed by atoms with Crippen LogP contribution in [0.2, 0.25) is 5.02 Å². The van der Waals surface area contributed by atoms with E-state index in [1.54, 1.807) is 6.92 Å². The first-order valence-electron chi connectivity index (χ1n) is 5.61. The standard InChI is InChI=1S/C12H12ClN3O3/c1-6(17)3-10(18)15-11-7(2)12-9(4-8(11)13)16(19)5-14-12/h4-5,16H,3H2,1-2H3,(H,15,18). The summed E-state index contributed by atoms with van der Waals surface area (Å²) in [5.41, 5.74) is 1.93. The van der Waals surface area contributed by atoms with E-state index in [-0.39, 0.29) is 22.3 Å². The van der Waals surface area contributed by atoms with Crippen molar-refractivity contribution in [3.05, 3.63) is 21.9 Å². The zero-order chi connectivity index (χ0) is 14.2. The summed E-state index contributed by atoms with van der Waals surface area (Å²) >= 11 is 6.05. The normalized spacial score (nSPS) is 16.3. The first kappa shape index (κ1) is 13.7. The zero-order valence-corrected chi connectivity index (χ0v) is 11.2. The average Bonchev–Trinajstić information content (AvgIpc) is 2.66. The Morgan fingerprint density at radius 2 is 2.21 bits per heavy atom. The van der Waals surface area contributed by atoms with Gasteiger partial charge < -0.3 is 10.5 Å². The number of rotatable bonds is 3. The average molecular weight is 282 g/mol. The minimum atomic E-state index is -0.439. The minimum absolute atomic E-state index is 0.207. The predicted molar refractivity (Wildman–Crippen MR) is 72.3 cm³/mol. The van der Waals surface area contributed by atoms with Crippen molar-refractivity contribution in [2.24, 2.45) is 4.99 Å². The van der Waals surface area contributed by atoms with Crippen molar-refractivity contribution >= 4 is 46.7 Å². The van der Waals surface area contributed by atoms with Gasteiger partial charge in [0.05, 0.1) is 17.1 Å². The summed E-state index contributed by atoms with van der Waals surface area (Å²) in [6, 6.07) is 1.47. The van der Waals surface area contributed by atoms with Crippen LogP contribution in [0.1, 0.15) is 18.9 Å². The molecule has 0 saturated heterocycles. The number of anilines is 1. The molecule has 7 heteroatoms. The van der Waals surface area contributed by atoms with Gasteiger partial charge in [-0.05, 0) is 13.8 Å². The van der Waals surface area contributed by atoms with Crippen LogP contribution >= 0.6 is 11.6 Å². The topological polar surface area (TPSA) is 86.0 Å². The lowest BCUT2D eigenvalue weighted by Gasteiger charge is -2.16. The highest BCUT2D eigenvalue weighted by Gasteiger charge is 2.23. The number of quaternary nitrogens is 1. The molecular formula is C12H12ClN3O3. The summed E-state index contributed by atoms with van der Waals surface area (Å²) in [6.45, 7) is 3.05. The van der Waals surface area contributed by atoms with Crippen LogP contribution in [0, 0.1) is 12.1 Å². The Balaban J connectivity index is 2.35. The zero-order valence-electron chi connectivity index (χ0n) is 10.4. The molecule has 1 aromatic rings. The number of aliphatic imine (C=N–C) groups is 1. The van der Waals surface area contributed by atoms with Gasteiger partial charge in [-0.2, -0.15) is 4.99 Å². The molecule has 0 radical (unpaired) electrons. The van der Waals surface area contributed by atoms with E-state index in [0.29, 0.717) is 22.6 Å². The van der Waals surface area contributed by atoms with E-state index >= 15 is 0 Å². The highest BCUT2D eigenvalue weighted by Crippen LogP contribution is 2.39. The minimum Gasteiger partial charge on any atom is -0.623 e. The Morgan fingerprint density at radius 3 is 2.84 bits per heavy atom. The Hall–Kier alpha value is -1.76. The lowest BCUT2D eigenvalue weighted by Crippen LogP contribution is -2.99. The third kappa shape index (κ3) is 2.65. The van der Waals surface area contributed by atoms with Gasteiger partial charge in [-0.25, -0.2) is 0 Å². The quantitative estimate of drug-likeness (QED) is 0.646. The number of halogens is 1. The van der Waals surface area contributed by atoms with Crippen molar-refractivity contribution in [2.75, 3.05) is 5.32 Å². The van der Waals surface area contributed by atoms with Crippen LogP contribution in [0.25, 0.3) is 0 Å². The van der Waals surface area contributed by atoms with Gasteiger partial charge in [0.25, 0.3) is 0 Å². The van der Waals surface area contributed by atoms with Gasteiger partial charge in [0.2, 0.25) is 5.91 Å². The molecule has 2 N–H and O–H groups in total.